The lowest BCUT2D eigenvalue weighted by Gasteiger charge is -2.24. The number of likely N-dealkylation sites (tertiary alicyclic amines) is 1. The van der Waals surface area contributed by atoms with Gasteiger partial charge in [-0.1, -0.05) is 6.42 Å². The molecule has 1 atom stereocenters. The Labute approximate surface area is 138 Å². The van der Waals surface area contributed by atoms with Gasteiger partial charge in [0.1, 0.15) is 5.82 Å². The van der Waals surface area contributed by atoms with Gasteiger partial charge in [0, 0.05) is 39.1 Å². The zero-order valence-electron chi connectivity index (χ0n) is 14.2. The summed E-state index contributed by atoms with van der Waals surface area (Å²) in [5.41, 5.74) is 0. The summed E-state index contributed by atoms with van der Waals surface area (Å²) in [7, 11) is 0. The molecule has 1 aromatic heterocycles. The van der Waals surface area contributed by atoms with Crippen molar-refractivity contribution < 1.29 is 9.53 Å². The number of rotatable bonds is 6. The Bertz CT molecular complexity index is 529. The maximum atomic E-state index is 12.6. The molecule has 0 spiro atoms. The summed E-state index contributed by atoms with van der Waals surface area (Å²) in [5, 5.41) is 8.85. The third kappa shape index (κ3) is 3.74. The van der Waals surface area contributed by atoms with Crippen molar-refractivity contribution in [3.8, 4) is 0 Å². The van der Waals surface area contributed by atoms with E-state index in [0.717, 1.165) is 50.4 Å². The van der Waals surface area contributed by atoms with Crippen molar-refractivity contribution in [1.29, 1.82) is 0 Å². The summed E-state index contributed by atoms with van der Waals surface area (Å²) < 4.78 is 7.62. The molecular formula is C17H28N4O2. The van der Waals surface area contributed by atoms with Gasteiger partial charge in [0.15, 0.2) is 5.82 Å². The number of aromatic nitrogens is 3. The van der Waals surface area contributed by atoms with Crippen LogP contribution in [0.15, 0.2) is 0 Å². The van der Waals surface area contributed by atoms with E-state index in [2.05, 4.69) is 14.8 Å². The molecule has 6 nitrogen and oxygen atoms in total. The Morgan fingerprint density at radius 2 is 2.13 bits per heavy atom. The average Bonchev–Trinajstić information content (AvgIpc) is 3.12. The highest BCUT2D eigenvalue weighted by Gasteiger charge is 2.33. The summed E-state index contributed by atoms with van der Waals surface area (Å²) in [6.07, 6.45) is 8.09. The first kappa shape index (κ1) is 16.4. The highest BCUT2D eigenvalue weighted by molar-refractivity contribution is 5.76. The van der Waals surface area contributed by atoms with Crippen molar-refractivity contribution in [2.45, 2.75) is 70.9 Å². The van der Waals surface area contributed by atoms with Gasteiger partial charge in [-0.15, -0.1) is 10.2 Å². The van der Waals surface area contributed by atoms with E-state index in [1.165, 1.54) is 19.3 Å². The SMILES string of the molecule is CCOCCCC(=O)N1CCC[C@H]1c1nnc2n1CCCCC2. The van der Waals surface area contributed by atoms with E-state index < -0.39 is 0 Å². The molecule has 0 aromatic carbocycles. The van der Waals surface area contributed by atoms with E-state index in [1.54, 1.807) is 0 Å². The van der Waals surface area contributed by atoms with Crippen molar-refractivity contribution in [3.63, 3.8) is 0 Å². The van der Waals surface area contributed by atoms with E-state index in [9.17, 15) is 4.79 Å². The van der Waals surface area contributed by atoms with Gasteiger partial charge in [0.2, 0.25) is 5.91 Å². The van der Waals surface area contributed by atoms with Gasteiger partial charge in [0.05, 0.1) is 6.04 Å². The summed E-state index contributed by atoms with van der Waals surface area (Å²) >= 11 is 0. The van der Waals surface area contributed by atoms with Crippen LogP contribution in [-0.2, 0) is 22.5 Å². The van der Waals surface area contributed by atoms with Gasteiger partial charge in [-0.3, -0.25) is 4.79 Å². The fourth-order valence-electron chi connectivity index (χ4n) is 3.70. The van der Waals surface area contributed by atoms with Gasteiger partial charge >= 0.3 is 0 Å². The maximum absolute atomic E-state index is 12.6. The van der Waals surface area contributed by atoms with Crippen LogP contribution in [0.3, 0.4) is 0 Å². The molecule has 6 heteroatoms. The molecule has 0 saturated carbocycles. The van der Waals surface area contributed by atoms with Crippen molar-refractivity contribution in [2.24, 2.45) is 0 Å². The van der Waals surface area contributed by atoms with Crippen LogP contribution in [0.25, 0.3) is 0 Å². The Kier molecular flexibility index (Phi) is 5.65. The Morgan fingerprint density at radius 3 is 3.00 bits per heavy atom. The van der Waals surface area contributed by atoms with E-state index in [4.69, 9.17) is 4.74 Å². The van der Waals surface area contributed by atoms with Gasteiger partial charge < -0.3 is 14.2 Å². The van der Waals surface area contributed by atoms with E-state index in [1.807, 2.05) is 11.8 Å². The molecule has 2 aliphatic heterocycles. The number of ether oxygens (including phenoxy) is 1. The van der Waals surface area contributed by atoms with Gasteiger partial charge in [-0.2, -0.15) is 0 Å². The largest absolute Gasteiger partial charge is 0.382 e. The molecule has 1 amide bonds. The van der Waals surface area contributed by atoms with Crippen LogP contribution >= 0.6 is 0 Å². The molecule has 0 radical (unpaired) electrons. The average molecular weight is 320 g/mol. The minimum absolute atomic E-state index is 0.119. The second-order valence-electron chi connectivity index (χ2n) is 6.48. The molecule has 1 aromatic rings. The number of hydrogen-bond acceptors (Lipinski definition) is 4. The summed E-state index contributed by atoms with van der Waals surface area (Å²) in [4.78, 5) is 14.6. The molecule has 0 N–H and O–H groups in total. The summed E-state index contributed by atoms with van der Waals surface area (Å²) in [6.45, 7) is 5.21. The fraction of sp³-hybridized carbons (Fsp3) is 0.824. The minimum Gasteiger partial charge on any atom is -0.382 e. The predicted molar refractivity (Wildman–Crippen MR) is 87.0 cm³/mol. The lowest BCUT2D eigenvalue weighted by atomic mass is 10.2. The van der Waals surface area contributed by atoms with Crippen molar-refractivity contribution in [3.05, 3.63) is 11.6 Å². The van der Waals surface area contributed by atoms with Crippen molar-refractivity contribution >= 4 is 5.91 Å². The van der Waals surface area contributed by atoms with Gasteiger partial charge in [-0.05, 0) is 39.0 Å². The third-order valence-corrected chi connectivity index (χ3v) is 4.89. The summed E-state index contributed by atoms with van der Waals surface area (Å²) in [5.74, 6) is 2.35. The van der Waals surface area contributed by atoms with Gasteiger partial charge in [0.25, 0.3) is 0 Å². The monoisotopic (exact) mass is 320 g/mol. The lowest BCUT2D eigenvalue weighted by molar-refractivity contribution is -0.132. The van der Waals surface area contributed by atoms with Crippen molar-refractivity contribution in [1.82, 2.24) is 19.7 Å². The molecule has 3 heterocycles. The zero-order chi connectivity index (χ0) is 16.1. The Hall–Kier alpha value is -1.43. The van der Waals surface area contributed by atoms with Crippen LogP contribution in [0.4, 0.5) is 0 Å². The second-order valence-corrected chi connectivity index (χ2v) is 6.48. The lowest BCUT2D eigenvalue weighted by Crippen LogP contribution is -2.32. The first-order valence-electron chi connectivity index (χ1n) is 9.10. The van der Waals surface area contributed by atoms with Gasteiger partial charge in [-0.25, -0.2) is 0 Å². The third-order valence-electron chi connectivity index (χ3n) is 4.89. The van der Waals surface area contributed by atoms with Crippen LogP contribution < -0.4 is 0 Å². The Balaban J connectivity index is 1.67. The zero-order valence-corrected chi connectivity index (χ0v) is 14.2. The first-order chi connectivity index (χ1) is 11.3. The number of fused-ring (bicyclic) bond motifs is 1. The Morgan fingerprint density at radius 1 is 1.22 bits per heavy atom. The molecule has 0 bridgehead atoms. The number of hydrogen-bond donors (Lipinski definition) is 0. The van der Waals surface area contributed by atoms with E-state index in [-0.39, 0.29) is 11.9 Å². The highest BCUT2D eigenvalue weighted by Crippen LogP contribution is 2.32. The van der Waals surface area contributed by atoms with Crippen LogP contribution in [0.2, 0.25) is 0 Å². The second kappa shape index (κ2) is 7.90. The number of aryl methyl sites for hydroxylation is 1. The smallest absolute Gasteiger partial charge is 0.223 e. The highest BCUT2D eigenvalue weighted by atomic mass is 16.5. The topological polar surface area (TPSA) is 60.2 Å². The molecule has 23 heavy (non-hydrogen) atoms. The summed E-state index contributed by atoms with van der Waals surface area (Å²) in [6, 6.07) is 0.119. The number of nitrogens with zero attached hydrogens (tertiary/aromatic N) is 4. The molecule has 0 unspecified atom stereocenters. The normalized spacial score (nSPS) is 21.3. The number of carbonyl (C=O) groups excluding carboxylic acids is 1. The first-order valence-corrected chi connectivity index (χ1v) is 9.10. The molecule has 3 rings (SSSR count). The predicted octanol–water partition coefficient (Wildman–Crippen LogP) is 2.48. The fourth-order valence-corrected chi connectivity index (χ4v) is 3.70. The molecule has 0 aliphatic carbocycles. The molecular weight excluding hydrogens is 292 g/mol. The van der Waals surface area contributed by atoms with Crippen LogP contribution in [0.5, 0.6) is 0 Å². The maximum Gasteiger partial charge on any atom is 0.223 e. The van der Waals surface area contributed by atoms with Crippen molar-refractivity contribution in [2.75, 3.05) is 19.8 Å². The molecule has 1 saturated heterocycles. The molecule has 2 aliphatic rings. The number of amides is 1. The quantitative estimate of drug-likeness (QED) is 0.756. The van der Waals surface area contributed by atoms with E-state index in [0.29, 0.717) is 19.6 Å². The minimum atomic E-state index is 0.119. The molecule has 128 valence electrons. The van der Waals surface area contributed by atoms with Crippen LogP contribution in [-0.4, -0.2) is 45.3 Å². The van der Waals surface area contributed by atoms with Crippen LogP contribution in [0.1, 0.15) is 69.6 Å². The standard InChI is InChI=1S/C17H28N4O2/c1-2-23-13-7-10-16(22)20-12-6-8-14(20)17-19-18-15-9-4-3-5-11-21(15)17/h14H,2-13H2,1H3/t14-/m0/s1. The van der Waals surface area contributed by atoms with E-state index >= 15 is 0 Å². The molecule has 1 fully saturated rings. The number of carbonyl (C=O) groups is 1. The van der Waals surface area contributed by atoms with Crippen LogP contribution in [0, 0.1) is 0 Å².